The van der Waals surface area contributed by atoms with Crippen molar-refractivity contribution in [1.82, 2.24) is 10.2 Å². The Morgan fingerprint density at radius 1 is 1.15 bits per heavy atom. The molecule has 2 aliphatic heterocycles. The van der Waals surface area contributed by atoms with E-state index < -0.39 is 0 Å². The largest absolute Gasteiger partial charge is 0.381 e. The molecule has 0 atom stereocenters. The SMILES string of the molecule is CN=C(NCC1(c2ccccc2C)CCOCC1)N1CCC2(CCC2)C1.I. The summed E-state index contributed by atoms with van der Waals surface area (Å²) in [5.74, 6) is 1.09. The van der Waals surface area contributed by atoms with Crippen molar-refractivity contribution >= 4 is 29.9 Å². The van der Waals surface area contributed by atoms with Gasteiger partial charge in [0.15, 0.2) is 5.96 Å². The molecule has 1 spiro atoms. The molecule has 0 amide bonds. The highest BCUT2D eigenvalue weighted by Gasteiger charge is 2.44. The van der Waals surface area contributed by atoms with Crippen LogP contribution >= 0.6 is 24.0 Å². The van der Waals surface area contributed by atoms with Crippen LogP contribution in [0.5, 0.6) is 0 Å². The Morgan fingerprint density at radius 3 is 2.48 bits per heavy atom. The van der Waals surface area contributed by atoms with Gasteiger partial charge < -0.3 is 15.0 Å². The first-order valence-electron chi connectivity index (χ1n) is 10.3. The lowest BCUT2D eigenvalue weighted by molar-refractivity contribution is 0.0509. The van der Waals surface area contributed by atoms with E-state index in [4.69, 9.17) is 4.74 Å². The van der Waals surface area contributed by atoms with Gasteiger partial charge in [-0.15, -0.1) is 24.0 Å². The van der Waals surface area contributed by atoms with Crippen LogP contribution in [0, 0.1) is 12.3 Å². The Hall–Kier alpha value is -0.820. The molecule has 27 heavy (non-hydrogen) atoms. The third kappa shape index (κ3) is 4.14. The number of hydrogen-bond acceptors (Lipinski definition) is 2. The highest BCUT2D eigenvalue weighted by molar-refractivity contribution is 14.0. The van der Waals surface area contributed by atoms with E-state index in [0.717, 1.165) is 45.1 Å². The minimum Gasteiger partial charge on any atom is -0.381 e. The maximum absolute atomic E-state index is 5.70. The predicted molar refractivity (Wildman–Crippen MR) is 122 cm³/mol. The van der Waals surface area contributed by atoms with Crippen LogP contribution < -0.4 is 5.32 Å². The van der Waals surface area contributed by atoms with Crippen molar-refractivity contribution in [2.24, 2.45) is 10.4 Å². The zero-order valence-corrected chi connectivity index (χ0v) is 19.1. The fourth-order valence-electron chi connectivity index (χ4n) is 5.25. The van der Waals surface area contributed by atoms with Crippen LogP contribution in [0.1, 0.15) is 49.7 Å². The van der Waals surface area contributed by atoms with E-state index in [-0.39, 0.29) is 29.4 Å². The first-order chi connectivity index (χ1) is 12.7. The number of aryl methyl sites for hydroxylation is 1. The predicted octanol–water partition coefficient (Wildman–Crippen LogP) is 4.11. The van der Waals surface area contributed by atoms with Crippen LogP contribution in [0.3, 0.4) is 0 Å². The zero-order valence-electron chi connectivity index (χ0n) is 16.8. The van der Waals surface area contributed by atoms with Crippen molar-refractivity contribution in [3.05, 3.63) is 35.4 Å². The Balaban J connectivity index is 0.00000210. The molecule has 0 unspecified atom stereocenters. The molecule has 4 nitrogen and oxygen atoms in total. The fraction of sp³-hybridized carbons (Fsp3) is 0.682. The van der Waals surface area contributed by atoms with Gasteiger partial charge in [0.05, 0.1) is 0 Å². The molecule has 1 aromatic rings. The number of guanidine groups is 1. The Bertz CT molecular complexity index is 665. The summed E-state index contributed by atoms with van der Waals surface area (Å²) in [7, 11) is 1.93. The number of likely N-dealkylation sites (tertiary alicyclic amines) is 1. The first-order valence-corrected chi connectivity index (χ1v) is 10.3. The highest BCUT2D eigenvalue weighted by atomic mass is 127. The first kappa shape index (κ1) is 20.9. The monoisotopic (exact) mass is 483 g/mol. The molecule has 1 aliphatic carbocycles. The second-order valence-corrected chi connectivity index (χ2v) is 8.63. The molecular formula is C22H34IN3O. The molecule has 3 aliphatic rings. The van der Waals surface area contributed by atoms with E-state index in [9.17, 15) is 0 Å². The number of ether oxygens (including phenoxy) is 1. The third-order valence-electron chi connectivity index (χ3n) is 7.12. The van der Waals surface area contributed by atoms with Gasteiger partial charge in [-0.25, -0.2) is 0 Å². The van der Waals surface area contributed by atoms with Crippen molar-refractivity contribution in [2.45, 2.75) is 50.9 Å². The zero-order chi connectivity index (χ0) is 18.0. The Morgan fingerprint density at radius 2 is 1.89 bits per heavy atom. The Labute approximate surface area is 181 Å². The lowest BCUT2D eigenvalue weighted by Gasteiger charge is -2.40. The summed E-state index contributed by atoms with van der Waals surface area (Å²) in [5, 5.41) is 3.75. The molecule has 2 saturated heterocycles. The summed E-state index contributed by atoms with van der Waals surface area (Å²) in [5.41, 5.74) is 3.61. The topological polar surface area (TPSA) is 36.9 Å². The maximum atomic E-state index is 5.70. The average molecular weight is 483 g/mol. The molecule has 5 heteroatoms. The lowest BCUT2D eigenvalue weighted by atomic mass is 9.68. The summed E-state index contributed by atoms with van der Waals surface area (Å²) < 4.78 is 5.70. The van der Waals surface area contributed by atoms with E-state index >= 15 is 0 Å². The molecule has 0 bridgehead atoms. The van der Waals surface area contributed by atoms with Crippen LogP contribution in [0.4, 0.5) is 0 Å². The molecule has 0 aromatic heterocycles. The van der Waals surface area contributed by atoms with Gasteiger partial charge in [-0.3, -0.25) is 4.99 Å². The van der Waals surface area contributed by atoms with E-state index in [1.807, 2.05) is 7.05 Å². The smallest absolute Gasteiger partial charge is 0.193 e. The van der Waals surface area contributed by atoms with Gasteiger partial charge in [0.1, 0.15) is 0 Å². The highest BCUT2D eigenvalue weighted by Crippen LogP contribution is 2.48. The molecule has 4 rings (SSSR count). The number of nitrogens with zero attached hydrogens (tertiary/aromatic N) is 2. The van der Waals surface area contributed by atoms with E-state index in [1.54, 1.807) is 0 Å². The molecule has 1 saturated carbocycles. The van der Waals surface area contributed by atoms with Gasteiger partial charge >= 0.3 is 0 Å². The number of rotatable bonds is 3. The molecule has 2 heterocycles. The van der Waals surface area contributed by atoms with Gasteiger partial charge in [0, 0.05) is 45.3 Å². The molecule has 0 radical (unpaired) electrons. The molecule has 1 aromatic carbocycles. The number of hydrogen-bond donors (Lipinski definition) is 1. The van der Waals surface area contributed by atoms with E-state index in [0.29, 0.717) is 5.41 Å². The number of halogens is 1. The molecular weight excluding hydrogens is 449 g/mol. The van der Waals surface area contributed by atoms with Gasteiger partial charge in [-0.1, -0.05) is 30.7 Å². The Kier molecular flexibility index (Phi) is 6.72. The van der Waals surface area contributed by atoms with E-state index in [1.165, 1.54) is 43.4 Å². The van der Waals surface area contributed by atoms with Crippen molar-refractivity contribution in [3.63, 3.8) is 0 Å². The van der Waals surface area contributed by atoms with Crippen LogP contribution in [0.15, 0.2) is 29.3 Å². The normalized spacial score (nSPS) is 23.6. The van der Waals surface area contributed by atoms with Crippen molar-refractivity contribution in [1.29, 1.82) is 0 Å². The number of nitrogens with one attached hydrogen (secondary N) is 1. The molecule has 150 valence electrons. The van der Waals surface area contributed by atoms with Gasteiger partial charge in [-0.05, 0) is 55.6 Å². The number of aliphatic imine (C=N–C) groups is 1. The standard InChI is InChI=1S/C22H33N3O.HI/c1-18-6-3-4-7-19(18)22(11-14-26-15-12-22)16-24-20(23-2)25-13-10-21(17-25)8-5-9-21;/h3-4,6-7H,5,8-17H2,1-2H3,(H,23,24);1H. The quantitative estimate of drug-likeness (QED) is 0.400. The fourth-order valence-corrected chi connectivity index (χ4v) is 5.25. The van der Waals surface area contributed by atoms with Gasteiger partial charge in [-0.2, -0.15) is 0 Å². The second kappa shape index (κ2) is 8.68. The van der Waals surface area contributed by atoms with E-state index in [2.05, 4.69) is 46.4 Å². The van der Waals surface area contributed by atoms with Crippen molar-refractivity contribution in [2.75, 3.05) is 39.9 Å². The minimum absolute atomic E-state index is 0. The van der Waals surface area contributed by atoms with Crippen LogP contribution in [-0.4, -0.2) is 50.8 Å². The summed E-state index contributed by atoms with van der Waals surface area (Å²) in [4.78, 5) is 7.12. The van der Waals surface area contributed by atoms with Gasteiger partial charge in [0.25, 0.3) is 0 Å². The molecule has 3 fully saturated rings. The molecule has 1 N–H and O–H groups in total. The number of benzene rings is 1. The summed E-state index contributed by atoms with van der Waals surface area (Å²) in [6, 6.07) is 8.86. The van der Waals surface area contributed by atoms with Crippen molar-refractivity contribution < 1.29 is 4.74 Å². The summed E-state index contributed by atoms with van der Waals surface area (Å²) >= 11 is 0. The average Bonchev–Trinajstić information content (AvgIpc) is 3.09. The third-order valence-corrected chi connectivity index (χ3v) is 7.12. The van der Waals surface area contributed by atoms with Gasteiger partial charge in [0.2, 0.25) is 0 Å². The van der Waals surface area contributed by atoms with Crippen LogP contribution in [-0.2, 0) is 10.2 Å². The van der Waals surface area contributed by atoms with Crippen LogP contribution in [0.25, 0.3) is 0 Å². The van der Waals surface area contributed by atoms with Crippen LogP contribution in [0.2, 0.25) is 0 Å². The minimum atomic E-state index is 0. The van der Waals surface area contributed by atoms with Crippen molar-refractivity contribution in [3.8, 4) is 0 Å². The summed E-state index contributed by atoms with van der Waals surface area (Å²) in [6.07, 6.45) is 7.72. The maximum Gasteiger partial charge on any atom is 0.193 e. The summed E-state index contributed by atoms with van der Waals surface area (Å²) in [6.45, 7) is 7.22. The lowest BCUT2D eigenvalue weighted by Crippen LogP contribution is -2.49. The second-order valence-electron chi connectivity index (χ2n) is 8.63.